The zero-order chi connectivity index (χ0) is 25.2. The van der Waals surface area contributed by atoms with Crippen molar-refractivity contribution >= 4 is 46.1 Å². The van der Waals surface area contributed by atoms with Crippen LogP contribution in [-0.2, 0) is 19.1 Å². The second-order valence-corrected chi connectivity index (χ2v) is 8.11. The van der Waals surface area contributed by atoms with Crippen molar-refractivity contribution in [1.82, 2.24) is 9.97 Å². The van der Waals surface area contributed by atoms with Gasteiger partial charge in [0.05, 0.1) is 19.6 Å². The molecule has 0 saturated carbocycles. The second-order valence-electron chi connectivity index (χ2n) is 8.11. The van der Waals surface area contributed by atoms with Crippen molar-refractivity contribution in [2.75, 3.05) is 14.2 Å². The minimum Gasteiger partial charge on any atom is -0.496 e. The molecule has 4 aromatic rings. The zero-order valence-electron chi connectivity index (χ0n) is 19.6. The molecule has 2 N–H and O–H groups in total. The molecular weight excluding hydrogens is 452 g/mol. The van der Waals surface area contributed by atoms with Gasteiger partial charge in [-0.05, 0) is 30.3 Å². The van der Waals surface area contributed by atoms with Crippen LogP contribution in [0, 0.1) is 0 Å². The summed E-state index contributed by atoms with van der Waals surface area (Å²) in [6, 6.07) is 11.2. The number of methoxy groups -OCH3 is 2. The highest BCUT2D eigenvalue weighted by Crippen LogP contribution is 2.32. The first-order chi connectivity index (χ1) is 16.8. The molecule has 180 valence electrons. The fourth-order valence-corrected chi connectivity index (χ4v) is 3.83. The number of aromatic amines is 2. The van der Waals surface area contributed by atoms with Gasteiger partial charge in [-0.2, -0.15) is 0 Å². The zero-order valence-corrected chi connectivity index (χ0v) is 19.6. The Kier molecular flexibility index (Phi) is 6.33. The molecule has 0 aliphatic carbocycles. The van der Waals surface area contributed by atoms with Crippen LogP contribution < -0.4 is 9.47 Å². The fraction of sp³-hybridized carbons (Fsp3) is 0.192. The number of hydrogen-bond acceptors (Lipinski definition) is 7. The van der Waals surface area contributed by atoms with Gasteiger partial charge in [-0.1, -0.05) is 12.1 Å². The number of aromatic nitrogens is 2. The number of cyclic esters (lactones) is 2. The average molecular weight is 476 g/mol. The average Bonchev–Trinajstić information content (AvgIpc) is 3.45. The highest BCUT2D eigenvalue weighted by atomic mass is 16.7. The Morgan fingerprint density at radius 2 is 1.29 bits per heavy atom. The van der Waals surface area contributed by atoms with E-state index in [1.807, 2.05) is 30.3 Å². The molecule has 0 bridgehead atoms. The van der Waals surface area contributed by atoms with Gasteiger partial charge in [0.25, 0.3) is 5.79 Å². The Bertz CT molecular complexity index is 1440. The number of hydrogen-bond donors (Lipinski definition) is 2. The number of nitrogens with one attached hydrogen (secondary N) is 2. The summed E-state index contributed by atoms with van der Waals surface area (Å²) in [7, 11) is 3.15. The molecule has 9 heteroatoms. The van der Waals surface area contributed by atoms with Crippen LogP contribution in [0.5, 0.6) is 11.5 Å². The second kappa shape index (κ2) is 9.38. The first kappa shape index (κ1) is 23.6. The van der Waals surface area contributed by atoms with E-state index in [1.54, 1.807) is 32.7 Å². The summed E-state index contributed by atoms with van der Waals surface area (Å²) in [5.41, 5.74) is 2.89. The number of aldehydes is 1. The van der Waals surface area contributed by atoms with Gasteiger partial charge >= 0.3 is 11.9 Å². The Hall–Kier alpha value is -4.53. The number of rotatable bonds is 4. The number of carbonyl (C=O) groups excluding carboxylic acids is 3. The summed E-state index contributed by atoms with van der Waals surface area (Å²) in [4.78, 5) is 40.8. The summed E-state index contributed by atoms with van der Waals surface area (Å²) in [5, 5.41) is 1.63. The van der Waals surface area contributed by atoms with E-state index in [4.69, 9.17) is 18.9 Å². The SMILES string of the molecule is COc1cccc2[nH]cc(C=C3C(=O)OC(C)(C)OC3=O)c12.COc1cccc2[nH]cc(C=O)c12. The largest absolute Gasteiger partial charge is 0.496 e. The van der Waals surface area contributed by atoms with Crippen molar-refractivity contribution in [2.24, 2.45) is 0 Å². The lowest BCUT2D eigenvalue weighted by Crippen LogP contribution is -2.41. The summed E-state index contributed by atoms with van der Waals surface area (Å²) in [6.45, 7) is 3.02. The van der Waals surface area contributed by atoms with E-state index in [1.165, 1.54) is 19.9 Å². The van der Waals surface area contributed by atoms with Gasteiger partial charge in [-0.15, -0.1) is 0 Å². The first-order valence-corrected chi connectivity index (χ1v) is 10.7. The Labute approximate surface area is 200 Å². The van der Waals surface area contributed by atoms with Crippen LogP contribution >= 0.6 is 0 Å². The summed E-state index contributed by atoms with van der Waals surface area (Å²) in [5.74, 6) is -1.29. The topological polar surface area (TPSA) is 120 Å². The molecule has 0 unspecified atom stereocenters. The lowest BCUT2D eigenvalue weighted by atomic mass is 10.1. The first-order valence-electron chi connectivity index (χ1n) is 10.7. The molecule has 0 amide bonds. The standard InChI is InChI=1S/C16H15NO5.C10H9NO2/c1-16(2)21-14(18)10(15(19)22-16)7-9-8-17-11-5-4-6-12(20-3)13(9)11;1-13-9-4-2-3-8-10(9)7(6-12)5-11-8/h4-8,17H,1-3H3;2-6,11H,1H3. The van der Waals surface area contributed by atoms with Crippen LogP contribution in [0.2, 0.25) is 0 Å². The Morgan fingerprint density at radius 3 is 1.77 bits per heavy atom. The summed E-state index contributed by atoms with van der Waals surface area (Å²) >= 11 is 0. The minimum atomic E-state index is -1.25. The fourth-order valence-electron chi connectivity index (χ4n) is 3.83. The quantitative estimate of drug-likeness (QED) is 0.194. The maximum atomic E-state index is 12.0. The number of carbonyl (C=O) groups is 3. The van der Waals surface area contributed by atoms with E-state index in [0.29, 0.717) is 16.9 Å². The molecule has 35 heavy (non-hydrogen) atoms. The maximum Gasteiger partial charge on any atom is 0.348 e. The van der Waals surface area contributed by atoms with E-state index < -0.39 is 17.7 Å². The molecule has 2 aromatic heterocycles. The van der Waals surface area contributed by atoms with Crippen molar-refractivity contribution < 1.29 is 33.3 Å². The minimum absolute atomic E-state index is 0.147. The third-order valence-corrected chi connectivity index (χ3v) is 5.38. The van der Waals surface area contributed by atoms with Gasteiger partial charge in [0.15, 0.2) is 6.29 Å². The van der Waals surface area contributed by atoms with Gasteiger partial charge in [-0.25, -0.2) is 9.59 Å². The molecular formula is C26H24N2O7. The lowest BCUT2D eigenvalue weighted by molar-refractivity contribution is -0.222. The van der Waals surface area contributed by atoms with E-state index in [0.717, 1.165) is 33.8 Å². The molecule has 1 aliphatic rings. The van der Waals surface area contributed by atoms with Crippen LogP contribution in [0.1, 0.15) is 29.8 Å². The van der Waals surface area contributed by atoms with E-state index >= 15 is 0 Å². The highest BCUT2D eigenvalue weighted by molar-refractivity contribution is 6.19. The van der Waals surface area contributed by atoms with Crippen molar-refractivity contribution in [3.8, 4) is 11.5 Å². The summed E-state index contributed by atoms with van der Waals surface area (Å²) in [6.07, 6.45) is 5.64. The molecule has 5 rings (SSSR count). The van der Waals surface area contributed by atoms with Gasteiger partial charge in [0.1, 0.15) is 17.1 Å². The highest BCUT2D eigenvalue weighted by Gasteiger charge is 2.39. The van der Waals surface area contributed by atoms with E-state index in [-0.39, 0.29) is 5.57 Å². The molecule has 3 heterocycles. The van der Waals surface area contributed by atoms with Crippen LogP contribution in [0.4, 0.5) is 0 Å². The van der Waals surface area contributed by atoms with Crippen molar-refractivity contribution in [2.45, 2.75) is 19.6 Å². The molecule has 0 radical (unpaired) electrons. The number of benzene rings is 2. The molecule has 1 saturated heterocycles. The third-order valence-electron chi connectivity index (χ3n) is 5.38. The van der Waals surface area contributed by atoms with Gasteiger partial charge in [0, 0.05) is 53.8 Å². The van der Waals surface area contributed by atoms with Crippen molar-refractivity contribution in [3.05, 3.63) is 65.5 Å². The van der Waals surface area contributed by atoms with Gasteiger partial charge < -0.3 is 28.9 Å². The van der Waals surface area contributed by atoms with Crippen molar-refractivity contribution in [3.63, 3.8) is 0 Å². The molecule has 9 nitrogen and oxygen atoms in total. The van der Waals surface area contributed by atoms with Crippen LogP contribution in [-0.4, -0.2) is 48.2 Å². The molecule has 1 aliphatic heterocycles. The van der Waals surface area contributed by atoms with Crippen LogP contribution in [0.25, 0.3) is 27.9 Å². The molecule has 2 aromatic carbocycles. The summed E-state index contributed by atoms with van der Waals surface area (Å²) < 4.78 is 20.6. The number of H-pyrrole nitrogens is 2. The Morgan fingerprint density at radius 1 is 0.800 bits per heavy atom. The van der Waals surface area contributed by atoms with Crippen LogP contribution in [0.3, 0.4) is 0 Å². The Balaban J connectivity index is 0.000000189. The monoisotopic (exact) mass is 476 g/mol. The predicted molar refractivity (Wildman–Crippen MR) is 129 cm³/mol. The number of fused-ring (bicyclic) bond motifs is 2. The molecule has 1 fully saturated rings. The van der Waals surface area contributed by atoms with E-state index in [2.05, 4.69) is 9.97 Å². The normalized spacial score (nSPS) is 14.6. The van der Waals surface area contributed by atoms with Crippen LogP contribution in [0.15, 0.2) is 54.4 Å². The molecule has 0 atom stereocenters. The predicted octanol–water partition coefficient (Wildman–Crippen LogP) is 4.39. The van der Waals surface area contributed by atoms with Gasteiger partial charge in [0.2, 0.25) is 0 Å². The smallest absolute Gasteiger partial charge is 0.348 e. The van der Waals surface area contributed by atoms with E-state index in [9.17, 15) is 14.4 Å². The lowest BCUT2D eigenvalue weighted by Gasteiger charge is -2.29. The molecule has 0 spiro atoms. The van der Waals surface area contributed by atoms with Crippen molar-refractivity contribution in [1.29, 1.82) is 0 Å². The number of ether oxygens (including phenoxy) is 4. The van der Waals surface area contributed by atoms with Gasteiger partial charge in [-0.3, -0.25) is 4.79 Å². The third kappa shape index (κ3) is 4.61. The number of esters is 2. The maximum absolute atomic E-state index is 12.0.